The van der Waals surface area contributed by atoms with E-state index < -0.39 is 0 Å². The molecule has 0 aromatic carbocycles. The Kier molecular flexibility index (Phi) is 6.88. The van der Waals surface area contributed by atoms with Crippen LogP contribution in [-0.4, -0.2) is 71.4 Å². The Morgan fingerprint density at radius 3 is 2.44 bits per heavy atom. The third-order valence-electron chi connectivity index (χ3n) is 5.49. The van der Waals surface area contributed by atoms with Crippen molar-refractivity contribution in [3.05, 3.63) is 17.2 Å². The van der Waals surface area contributed by atoms with Crippen molar-refractivity contribution in [2.24, 2.45) is 0 Å². The second-order valence-electron chi connectivity index (χ2n) is 7.96. The van der Waals surface area contributed by atoms with Gasteiger partial charge >= 0.3 is 0 Å². The Balaban J connectivity index is 1.75. The smallest absolute Gasteiger partial charge is 0.289 e. The third-order valence-corrected chi connectivity index (χ3v) is 5.49. The van der Waals surface area contributed by atoms with Gasteiger partial charge in [-0.2, -0.15) is 0 Å². The van der Waals surface area contributed by atoms with Crippen molar-refractivity contribution in [1.29, 1.82) is 0 Å². The second-order valence-corrected chi connectivity index (χ2v) is 7.96. The van der Waals surface area contributed by atoms with Crippen LogP contribution in [0.15, 0.2) is 0 Å². The number of likely N-dealkylation sites (tertiary alicyclic amines) is 1. The van der Waals surface area contributed by atoms with E-state index in [4.69, 9.17) is 0 Å². The molecule has 27 heavy (non-hydrogen) atoms. The van der Waals surface area contributed by atoms with Crippen LogP contribution < -0.4 is 5.32 Å². The zero-order valence-corrected chi connectivity index (χ0v) is 16.8. The monoisotopic (exact) mass is 375 g/mol. The van der Waals surface area contributed by atoms with Crippen LogP contribution in [0.25, 0.3) is 0 Å². The number of aromatic nitrogens is 2. The minimum Gasteiger partial charge on any atom is -0.351 e. The van der Waals surface area contributed by atoms with Crippen LogP contribution in [0.4, 0.5) is 0 Å². The van der Waals surface area contributed by atoms with Crippen LogP contribution in [-0.2, 0) is 13.0 Å². The maximum Gasteiger partial charge on any atom is 0.289 e. The molecule has 0 spiro atoms. The van der Waals surface area contributed by atoms with E-state index in [1.54, 1.807) is 0 Å². The highest BCUT2D eigenvalue weighted by molar-refractivity contribution is 5.97. The highest BCUT2D eigenvalue weighted by Crippen LogP contribution is 2.23. The van der Waals surface area contributed by atoms with Gasteiger partial charge in [0.25, 0.3) is 11.8 Å². The molecule has 1 saturated heterocycles. The van der Waals surface area contributed by atoms with Crippen molar-refractivity contribution >= 4 is 11.8 Å². The van der Waals surface area contributed by atoms with E-state index in [-0.39, 0.29) is 11.8 Å². The van der Waals surface area contributed by atoms with Gasteiger partial charge in [0.1, 0.15) is 5.69 Å². The summed E-state index contributed by atoms with van der Waals surface area (Å²) in [5.74, 6) is 0.311. The van der Waals surface area contributed by atoms with Gasteiger partial charge in [0.15, 0.2) is 5.82 Å². The molecule has 0 saturated carbocycles. The van der Waals surface area contributed by atoms with Gasteiger partial charge in [-0.25, -0.2) is 4.98 Å². The van der Waals surface area contributed by atoms with Gasteiger partial charge in [-0.05, 0) is 59.2 Å². The van der Waals surface area contributed by atoms with Crippen molar-refractivity contribution in [3.63, 3.8) is 0 Å². The summed E-state index contributed by atoms with van der Waals surface area (Å²) < 4.78 is 2.01. The fourth-order valence-electron chi connectivity index (χ4n) is 3.98. The van der Waals surface area contributed by atoms with Gasteiger partial charge < -0.3 is 19.7 Å². The van der Waals surface area contributed by atoms with Gasteiger partial charge in [-0.1, -0.05) is 12.8 Å². The number of nitrogens with zero attached hydrogens (tertiary/aromatic N) is 4. The van der Waals surface area contributed by atoms with E-state index in [1.165, 1.54) is 12.8 Å². The minimum absolute atomic E-state index is 0.00768. The summed E-state index contributed by atoms with van der Waals surface area (Å²) in [6.07, 6.45) is 8.28. The maximum atomic E-state index is 13.1. The zero-order valence-electron chi connectivity index (χ0n) is 16.8. The lowest BCUT2D eigenvalue weighted by atomic mass is 10.1. The lowest BCUT2D eigenvalue weighted by molar-refractivity contribution is 0.0743. The lowest BCUT2D eigenvalue weighted by Crippen LogP contribution is -2.34. The molecule has 150 valence electrons. The molecule has 1 aromatic rings. The SMILES string of the molecule is CN(C)CCCNC(=O)c1nc(C(=O)N2CCCCCC2)n2c1CCCC2. The molecule has 7 heteroatoms. The molecule has 1 aromatic heterocycles. The lowest BCUT2D eigenvalue weighted by Gasteiger charge is -2.22. The van der Waals surface area contributed by atoms with Crippen LogP contribution in [0.3, 0.4) is 0 Å². The fraction of sp³-hybridized carbons (Fsp3) is 0.750. The topological polar surface area (TPSA) is 70.5 Å². The van der Waals surface area contributed by atoms with E-state index in [0.717, 1.165) is 70.4 Å². The standard InChI is InChI=1S/C20H33N5O2/c1-23(2)12-9-11-21-19(26)17-16-10-5-8-15-25(16)18(22-17)20(27)24-13-6-3-4-7-14-24/h3-15H2,1-2H3,(H,21,26). The largest absolute Gasteiger partial charge is 0.351 e. The summed E-state index contributed by atoms with van der Waals surface area (Å²) in [6, 6.07) is 0. The first kappa shape index (κ1) is 19.9. The highest BCUT2D eigenvalue weighted by Gasteiger charge is 2.29. The third kappa shape index (κ3) is 4.89. The maximum absolute atomic E-state index is 13.1. The molecule has 1 N–H and O–H groups in total. The Hall–Kier alpha value is -1.89. The number of rotatable bonds is 6. The second kappa shape index (κ2) is 9.35. The Morgan fingerprint density at radius 2 is 1.74 bits per heavy atom. The van der Waals surface area contributed by atoms with Gasteiger partial charge in [-0.3, -0.25) is 9.59 Å². The molecule has 1 fully saturated rings. The summed E-state index contributed by atoms with van der Waals surface area (Å²) in [7, 11) is 4.04. The van der Waals surface area contributed by atoms with E-state index in [2.05, 4.69) is 15.2 Å². The molecule has 3 heterocycles. The van der Waals surface area contributed by atoms with E-state index >= 15 is 0 Å². The molecule has 0 unspecified atom stereocenters. The van der Waals surface area contributed by atoms with Crippen molar-refractivity contribution in [3.8, 4) is 0 Å². The first-order chi connectivity index (χ1) is 13.1. The summed E-state index contributed by atoms with van der Waals surface area (Å²) >= 11 is 0. The van der Waals surface area contributed by atoms with Crippen molar-refractivity contribution in [2.75, 3.05) is 40.3 Å². The summed E-state index contributed by atoms with van der Waals surface area (Å²) in [6.45, 7) is 3.93. The van der Waals surface area contributed by atoms with E-state index in [1.807, 2.05) is 23.6 Å². The van der Waals surface area contributed by atoms with Gasteiger partial charge in [0.2, 0.25) is 0 Å². The number of carbonyl (C=O) groups is 2. The molecule has 0 atom stereocenters. The first-order valence-corrected chi connectivity index (χ1v) is 10.4. The number of nitrogens with one attached hydrogen (secondary N) is 1. The Labute approximate surface area is 162 Å². The normalized spacial score (nSPS) is 17.5. The predicted octanol–water partition coefficient (Wildman–Crippen LogP) is 1.92. The van der Waals surface area contributed by atoms with Crippen LogP contribution >= 0.6 is 0 Å². The van der Waals surface area contributed by atoms with Crippen molar-refractivity contribution < 1.29 is 9.59 Å². The molecular weight excluding hydrogens is 342 g/mol. The quantitative estimate of drug-likeness (QED) is 0.771. The van der Waals surface area contributed by atoms with Crippen molar-refractivity contribution in [1.82, 2.24) is 24.7 Å². The molecule has 0 aliphatic carbocycles. The molecule has 2 amide bonds. The van der Waals surface area contributed by atoms with Gasteiger partial charge in [0.05, 0.1) is 5.69 Å². The highest BCUT2D eigenvalue weighted by atomic mass is 16.2. The summed E-state index contributed by atoms with van der Waals surface area (Å²) in [5, 5.41) is 2.98. The minimum atomic E-state index is -0.144. The molecule has 2 aliphatic rings. The molecular formula is C20H33N5O2. The van der Waals surface area contributed by atoms with E-state index in [9.17, 15) is 9.59 Å². The number of carbonyl (C=O) groups excluding carboxylic acids is 2. The van der Waals surface area contributed by atoms with E-state index in [0.29, 0.717) is 18.1 Å². The summed E-state index contributed by atoms with van der Waals surface area (Å²) in [5.41, 5.74) is 1.39. The van der Waals surface area contributed by atoms with Crippen LogP contribution in [0.5, 0.6) is 0 Å². The Morgan fingerprint density at radius 1 is 1.04 bits per heavy atom. The number of fused-ring (bicyclic) bond motifs is 1. The molecule has 7 nitrogen and oxygen atoms in total. The van der Waals surface area contributed by atoms with Crippen LogP contribution in [0.2, 0.25) is 0 Å². The molecule has 0 radical (unpaired) electrons. The van der Waals surface area contributed by atoms with Crippen LogP contribution in [0, 0.1) is 0 Å². The van der Waals surface area contributed by atoms with Gasteiger partial charge in [-0.15, -0.1) is 0 Å². The Bertz CT molecular complexity index is 660. The molecule has 0 bridgehead atoms. The number of hydrogen-bond acceptors (Lipinski definition) is 4. The van der Waals surface area contributed by atoms with Crippen LogP contribution in [0.1, 0.15) is 71.7 Å². The average molecular weight is 376 g/mol. The first-order valence-electron chi connectivity index (χ1n) is 10.4. The van der Waals surface area contributed by atoms with Gasteiger partial charge in [0, 0.05) is 26.2 Å². The molecule has 2 aliphatic heterocycles. The zero-order chi connectivity index (χ0) is 19.2. The number of imidazole rings is 1. The predicted molar refractivity (Wildman–Crippen MR) is 105 cm³/mol. The molecule has 3 rings (SSSR count). The average Bonchev–Trinajstić information content (AvgIpc) is 2.84. The number of hydrogen-bond donors (Lipinski definition) is 1. The number of amides is 2. The summed E-state index contributed by atoms with van der Waals surface area (Å²) in [4.78, 5) is 34.4. The van der Waals surface area contributed by atoms with Crippen molar-refractivity contribution in [2.45, 2.75) is 57.9 Å². The fourth-order valence-corrected chi connectivity index (χ4v) is 3.98.